The number of rotatable bonds is 9. The van der Waals surface area contributed by atoms with E-state index in [-0.39, 0.29) is 37.4 Å². The lowest BCUT2D eigenvalue weighted by Crippen LogP contribution is -2.76. The molecule has 2 heterocycles. The van der Waals surface area contributed by atoms with E-state index in [9.17, 15) is 19.6 Å². The molecule has 0 aromatic heterocycles. The fourth-order valence-electron chi connectivity index (χ4n) is 4.77. The number of hydrogen-bond acceptors (Lipinski definition) is 6. The second kappa shape index (κ2) is 13.3. The first-order valence-electron chi connectivity index (χ1n) is 12.6. The maximum atomic E-state index is 13.6. The Bertz CT molecular complexity index is 1060. The van der Waals surface area contributed by atoms with Crippen molar-refractivity contribution in [2.24, 2.45) is 5.92 Å². The van der Waals surface area contributed by atoms with E-state index in [1.54, 1.807) is 22.0 Å². The number of nitrogens with zero attached hydrogens (tertiary/aromatic N) is 5. The molecule has 1 aliphatic carbocycles. The van der Waals surface area contributed by atoms with E-state index < -0.39 is 18.2 Å². The summed E-state index contributed by atoms with van der Waals surface area (Å²) in [5, 5.41) is 15.3. The van der Waals surface area contributed by atoms with Gasteiger partial charge in [0.15, 0.2) is 0 Å². The topological polar surface area (TPSA) is 100.0 Å². The van der Waals surface area contributed by atoms with Gasteiger partial charge in [-0.1, -0.05) is 63.0 Å². The van der Waals surface area contributed by atoms with E-state index in [4.69, 9.17) is 0 Å². The van der Waals surface area contributed by atoms with Gasteiger partial charge in [-0.25, -0.2) is 9.80 Å². The number of nitriles is 1. The van der Waals surface area contributed by atoms with Crippen molar-refractivity contribution in [2.75, 3.05) is 32.7 Å². The van der Waals surface area contributed by atoms with Crippen LogP contribution >= 0.6 is 12.6 Å². The standard InChI is InChI=1S/C27H36N6O3S/c1-4-9-22(37)12-14-30-18-24-32(23(26(30)35)16-20(2)3)25(34)19-31(15-13-28)33(24)27(36)29-17-21-10-7-5-6-8-11-21/h4-7,9-11,20,23-24,37H,1,8,12,14-19H2,2-3H3,(H,29,36)/b22-9-/t23-,24?/m0/s1. The van der Waals surface area contributed by atoms with Crippen LogP contribution in [0.25, 0.3) is 0 Å². The van der Waals surface area contributed by atoms with Crippen molar-refractivity contribution in [2.45, 2.75) is 45.3 Å². The van der Waals surface area contributed by atoms with E-state index in [2.05, 4.69) is 30.6 Å². The van der Waals surface area contributed by atoms with Crippen LogP contribution in [0.3, 0.4) is 0 Å². The summed E-state index contributed by atoms with van der Waals surface area (Å²) < 4.78 is 0. The number of hydrogen-bond donors (Lipinski definition) is 2. The monoisotopic (exact) mass is 524 g/mol. The molecular weight excluding hydrogens is 488 g/mol. The molecule has 1 unspecified atom stereocenters. The number of amides is 4. The van der Waals surface area contributed by atoms with Crippen molar-refractivity contribution in [1.82, 2.24) is 25.1 Å². The molecule has 4 amide bonds. The van der Waals surface area contributed by atoms with Gasteiger partial charge in [-0.3, -0.25) is 9.59 Å². The lowest BCUT2D eigenvalue weighted by molar-refractivity contribution is -0.189. The Hall–Kier alpha value is -3.29. The van der Waals surface area contributed by atoms with Crippen molar-refractivity contribution in [3.63, 3.8) is 0 Å². The van der Waals surface area contributed by atoms with Crippen molar-refractivity contribution in [1.29, 1.82) is 5.26 Å². The average Bonchev–Trinajstić information content (AvgIpc) is 3.12. The summed E-state index contributed by atoms with van der Waals surface area (Å²) in [5.74, 6) is -0.233. The maximum absolute atomic E-state index is 13.6. The highest BCUT2D eigenvalue weighted by molar-refractivity contribution is 7.84. The van der Waals surface area contributed by atoms with Crippen LogP contribution in [0.1, 0.15) is 33.1 Å². The molecule has 2 fully saturated rings. The predicted molar refractivity (Wildman–Crippen MR) is 146 cm³/mol. The number of fused-ring (bicyclic) bond motifs is 1. The summed E-state index contributed by atoms with van der Waals surface area (Å²) in [7, 11) is 0. The zero-order chi connectivity index (χ0) is 26.9. The van der Waals surface area contributed by atoms with Crippen LogP contribution in [0.15, 0.2) is 59.6 Å². The molecule has 3 rings (SSSR count). The molecule has 0 radical (unpaired) electrons. The van der Waals surface area contributed by atoms with Gasteiger partial charge in [0.25, 0.3) is 0 Å². The van der Waals surface area contributed by atoms with Crippen LogP contribution in [0.4, 0.5) is 4.79 Å². The van der Waals surface area contributed by atoms with Crippen molar-refractivity contribution in [3.05, 3.63) is 59.6 Å². The number of thiol groups is 1. The first kappa shape index (κ1) is 28.3. The first-order chi connectivity index (χ1) is 17.8. The van der Waals surface area contributed by atoms with E-state index in [0.717, 1.165) is 16.9 Å². The third-order valence-corrected chi connectivity index (χ3v) is 6.82. The molecule has 0 bridgehead atoms. The molecule has 9 nitrogen and oxygen atoms in total. The van der Waals surface area contributed by atoms with Gasteiger partial charge >= 0.3 is 6.03 Å². The molecule has 0 aromatic rings. The van der Waals surface area contributed by atoms with E-state index in [0.29, 0.717) is 25.9 Å². The highest BCUT2D eigenvalue weighted by Gasteiger charge is 2.51. The second-order valence-corrected chi connectivity index (χ2v) is 10.2. The Labute approximate surface area is 224 Å². The van der Waals surface area contributed by atoms with Crippen LogP contribution in [0, 0.1) is 17.2 Å². The molecule has 2 atom stereocenters. The van der Waals surface area contributed by atoms with Gasteiger partial charge in [0.1, 0.15) is 18.8 Å². The quantitative estimate of drug-likeness (QED) is 0.274. The van der Waals surface area contributed by atoms with Gasteiger partial charge in [0, 0.05) is 13.1 Å². The summed E-state index contributed by atoms with van der Waals surface area (Å²) in [6.07, 6.45) is 14.4. The molecule has 3 aliphatic rings. The summed E-state index contributed by atoms with van der Waals surface area (Å²) in [6.45, 7) is 8.28. The van der Waals surface area contributed by atoms with Crippen LogP contribution in [-0.4, -0.2) is 82.6 Å². The lowest BCUT2D eigenvalue weighted by atomic mass is 9.97. The summed E-state index contributed by atoms with van der Waals surface area (Å²) >= 11 is 4.46. The van der Waals surface area contributed by atoms with Crippen molar-refractivity contribution < 1.29 is 14.4 Å². The van der Waals surface area contributed by atoms with Gasteiger partial charge in [0.2, 0.25) is 11.8 Å². The average molecular weight is 525 g/mol. The zero-order valence-corrected chi connectivity index (χ0v) is 22.4. The summed E-state index contributed by atoms with van der Waals surface area (Å²) in [5.41, 5.74) is 0.962. The number of hydrazine groups is 1. The van der Waals surface area contributed by atoms with Crippen LogP contribution in [0.2, 0.25) is 0 Å². The van der Waals surface area contributed by atoms with Gasteiger partial charge in [0.05, 0.1) is 19.2 Å². The second-order valence-electron chi connectivity index (χ2n) is 9.64. The number of carbonyl (C=O) groups is 3. The number of carbonyl (C=O) groups excluding carboxylic acids is 3. The Morgan fingerprint density at radius 2 is 2.14 bits per heavy atom. The zero-order valence-electron chi connectivity index (χ0n) is 21.5. The normalized spacial score (nSPS) is 22.5. The van der Waals surface area contributed by atoms with Gasteiger partial charge in [-0.2, -0.15) is 10.3 Å². The SMILES string of the molecule is C=C/C=C(\S)CCN1CC2N(C(=O)CN(CC#N)N2C(=O)NCC2=CCC=CC=C2)[C@@H](CC(C)C)C1=O. The fourth-order valence-corrected chi connectivity index (χ4v) is 4.98. The Balaban J connectivity index is 1.90. The molecule has 37 heavy (non-hydrogen) atoms. The number of nitrogens with one attached hydrogen (secondary N) is 1. The molecule has 2 aliphatic heterocycles. The lowest BCUT2D eigenvalue weighted by Gasteiger charge is -2.55. The van der Waals surface area contributed by atoms with Crippen molar-refractivity contribution >= 4 is 30.5 Å². The smallest absolute Gasteiger partial charge is 0.334 e. The molecule has 0 aromatic carbocycles. The molecule has 1 N–H and O–H groups in total. The number of urea groups is 1. The van der Waals surface area contributed by atoms with Crippen LogP contribution < -0.4 is 5.32 Å². The molecule has 0 spiro atoms. The Morgan fingerprint density at radius 3 is 2.84 bits per heavy atom. The fraction of sp³-hybridized carbons (Fsp3) is 0.481. The minimum atomic E-state index is -0.719. The largest absolute Gasteiger partial charge is 0.337 e. The summed E-state index contributed by atoms with van der Waals surface area (Å²) in [4.78, 5) is 44.5. The molecule has 10 heteroatoms. The first-order valence-corrected chi connectivity index (χ1v) is 13.0. The van der Waals surface area contributed by atoms with Gasteiger partial charge in [-0.15, -0.1) is 12.6 Å². The van der Waals surface area contributed by atoms with Crippen molar-refractivity contribution in [3.8, 4) is 6.07 Å². The third-order valence-electron chi connectivity index (χ3n) is 6.45. The van der Waals surface area contributed by atoms with E-state index in [1.165, 1.54) is 10.0 Å². The molecule has 0 saturated carbocycles. The maximum Gasteiger partial charge on any atom is 0.334 e. The van der Waals surface area contributed by atoms with Gasteiger partial charge in [-0.05, 0) is 35.7 Å². The van der Waals surface area contributed by atoms with Gasteiger partial charge < -0.3 is 15.1 Å². The number of piperazine rings is 1. The molecule has 198 valence electrons. The third kappa shape index (κ3) is 7.14. The highest BCUT2D eigenvalue weighted by Crippen LogP contribution is 2.30. The minimum absolute atomic E-state index is 0.123. The number of allylic oxidation sites excluding steroid dienone is 6. The predicted octanol–water partition coefficient (Wildman–Crippen LogP) is 3.00. The Kier molecular flexibility index (Phi) is 10.2. The molecular formula is C27H36N6O3S. The van der Waals surface area contributed by atoms with Crippen LogP contribution in [0.5, 0.6) is 0 Å². The van der Waals surface area contributed by atoms with E-state index in [1.807, 2.05) is 44.2 Å². The highest BCUT2D eigenvalue weighted by atomic mass is 32.1. The van der Waals surface area contributed by atoms with Crippen LogP contribution in [-0.2, 0) is 9.59 Å². The minimum Gasteiger partial charge on any atom is -0.337 e. The summed E-state index contributed by atoms with van der Waals surface area (Å²) in [6, 6.07) is 0.967. The molecule has 2 saturated heterocycles. The van der Waals surface area contributed by atoms with E-state index >= 15 is 0 Å². The Morgan fingerprint density at radius 1 is 1.35 bits per heavy atom.